The highest BCUT2D eigenvalue weighted by Crippen LogP contribution is 2.33. The van der Waals surface area contributed by atoms with Gasteiger partial charge in [0.2, 0.25) is 5.91 Å². The van der Waals surface area contributed by atoms with Crippen LogP contribution in [0.3, 0.4) is 0 Å². The maximum absolute atomic E-state index is 13.1. The molecule has 18 heavy (non-hydrogen) atoms. The van der Waals surface area contributed by atoms with Crippen molar-refractivity contribution in [2.75, 3.05) is 11.9 Å². The number of hydrogen-bond acceptors (Lipinski definition) is 2. The van der Waals surface area contributed by atoms with Gasteiger partial charge in [0, 0.05) is 11.0 Å². The molecule has 0 radical (unpaired) electrons. The molecule has 1 aromatic rings. The molecule has 0 spiro atoms. The van der Waals surface area contributed by atoms with Crippen LogP contribution in [0.5, 0.6) is 0 Å². The number of nitrogens with two attached hydrogens (primary N) is 1. The largest absolute Gasteiger partial charge is 0.329 e. The van der Waals surface area contributed by atoms with Gasteiger partial charge in [-0.25, -0.2) is 4.39 Å². The quantitative estimate of drug-likeness (QED) is 0.882. The molecule has 1 aromatic carbocycles. The summed E-state index contributed by atoms with van der Waals surface area (Å²) in [5.74, 6) is -0.705. The van der Waals surface area contributed by atoms with Gasteiger partial charge in [-0.15, -0.1) is 0 Å². The van der Waals surface area contributed by atoms with Gasteiger partial charge in [0.1, 0.15) is 5.82 Å². The molecule has 1 amide bonds. The smallest absolute Gasteiger partial charge is 0.231 e. The van der Waals surface area contributed by atoms with E-state index in [1.165, 1.54) is 6.07 Å². The van der Waals surface area contributed by atoms with Crippen molar-refractivity contribution in [2.24, 2.45) is 11.1 Å². The Balaban J connectivity index is 3.02. The van der Waals surface area contributed by atoms with Crippen molar-refractivity contribution in [3.63, 3.8) is 0 Å². The van der Waals surface area contributed by atoms with E-state index in [0.29, 0.717) is 16.6 Å². The van der Waals surface area contributed by atoms with Crippen LogP contribution in [0.15, 0.2) is 16.6 Å². The highest BCUT2D eigenvalue weighted by Gasteiger charge is 2.30. The molecule has 1 unspecified atom stereocenters. The Hall–Kier alpha value is -0.650. The third-order valence-corrected chi connectivity index (χ3v) is 3.95. The minimum atomic E-state index is -0.669. The zero-order chi connectivity index (χ0) is 13.9. The fraction of sp³-hybridized carbons (Fsp3) is 0.417. The first-order chi connectivity index (χ1) is 8.34. The van der Waals surface area contributed by atoms with Gasteiger partial charge in [0.05, 0.1) is 16.1 Å². The molecule has 0 saturated heterocycles. The van der Waals surface area contributed by atoms with Crippen LogP contribution >= 0.6 is 27.5 Å². The average Bonchev–Trinajstić information content (AvgIpc) is 2.32. The molecule has 0 aliphatic heterocycles. The molecule has 0 aromatic heterocycles. The highest BCUT2D eigenvalue weighted by atomic mass is 79.9. The molecular formula is C12H15BrClFN2O. The van der Waals surface area contributed by atoms with E-state index in [4.69, 9.17) is 17.3 Å². The van der Waals surface area contributed by atoms with E-state index in [9.17, 15) is 9.18 Å². The molecule has 0 fully saturated rings. The van der Waals surface area contributed by atoms with E-state index >= 15 is 0 Å². The van der Waals surface area contributed by atoms with Crippen LogP contribution in [0.4, 0.5) is 10.1 Å². The maximum atomic E-state index is 13.1. The number of amides is 1. The first-order valence-electron chi connectivity index (χ1n) is 5.50. The minimum absolute atomic E-state index is 0.144. The van der Waals surface area contributed by atoms with E-state index in [0.717, 1.165) is 6.07 Å². The van der Waals surface area contributed by atoms with E-state index in [2.05, 4.69) is 21.2 Å². The average molecular weight is 338 g/mol. The number of hydrogen-bond donors (Lipinski definition) is 2. The summed E-state index contributed by atoms with van der Waals surface area (Å²) in [6, 6.07) is 2.39. The van der Waals surface area contributed by atoms with E-state index in [1.54, 1.807) is 6.92 Å². The molecule has 0 bridgehead atoms. The second-order valence-electron chi connectivity index (χ2n) is 4.32. The Morgan fingerprint density at radius 3 is 2.67 bits per heavy atom. The summed E-state index contributed by atoms with van der Waals surface area (Å²) in [6.07, 6.45) is 0.603. The van der Waals surface area contributed by atoms with Crippen molar-refractivity contribution >= 4 is 39.1 Å². The van der Waals surface area contributed by atoms with Crippen molar-refractivity contribution in [3.05, 3.63) is 27.4 Å². The van der Waals surface area contributed by atoms with E-state index in [1.807, 2.05) is 6.92 Å². The molecule has 0 heterocycles. The predicted molar refractivity (Wildman–Crippen MR) is 75.2 cm³/mol. The molecule has 3 nitrogen and oxygen atoms in total. The van der Waals surface area contributed by atoms with Crippen LogP contribution in [0.2, 0.25) is 5.02 Å². The molecule has 1 atom stereocenters. The Morgan fingerprint density at radius 1 is 1.61 bits per heavy atom. The van der Waals surface area contributed by atoms with Gasteiger partial charge in [0.25, 0.3) is 0 Å². The van der Waals surface area contributed by atoms with Gasteiger partial charge in [-0.2, -0.15) is 0 Å². The second kappa shape index (κ2) is 5.99. The van der Waals surface area contributed by atoms with Gasteiger partial charge in [-0.3, -0.25) is 4.79 Å². The van der Waals surface area contributed by atoms with Crippen LogP contribution in [0, 0.1) is 11.2 Å². The van der Waals surface area contributed by atoms with Crippen LogP contribution in [-0.4, -0.2) is 12.5 Å². The Kier molecular flexibility index (Phi) is 5.13. The van der Waals surface area contributed by atoms with Crippen LogP contribution < -0.4 is 11.1 Å². The Bertz CT molecular complexity index is 440. The number of rotatable bonds is 4. The zero-order valence-corrected chi connectivity index (χ0v) is 12.5. The third kappa shape index (κ3) is 3.22. The van der Waals surface area contributed by atoms with Gasteiger partial charge in [-0.05, 0) is 41.4 Å². The third-order valence-electron chi connectivity index (χ3n) is 3.02. The number of halogens is 3. The summed E-state index contributed by atoms with van der Waals surface area (Å²) in [6.45, 7) is 3.88. The normalized spacial score (nSPS) is 14.1. The van der Waals surface area contributed by atoms with Crippen LogP contribution in [0.1, 0.15) is 20.3 Å². The SMILES string of the molecule is CCC(C)(CN)C(=O)Nc1c(Cl)cc(F)cc1Br. The second-order valence-corrected chi connectivity index (χ2v) is 5.58. The summed E-state index contributed by atoms with van der Waals surface area (Å²) < 4.78 is 13.5. The lowest BCUT2D eigenvalue weighted by Crippen LogP contribution is -2.39. The highest BCUT2D eigenvalue weighted by molar-refractivity contribution is 9.10. The summed E-state index contributed by atoms with van der Waals surface area (Å²) in [7, 11) is 0. The number of carbonyl (C=O) groups excluding carboxylic acids is 1. The maximum Gasteiger partial charge on any atom is 0.231 e. The number of anilines is 1. The molecular weight excluding hydrogens is 322 g/mol. The number of carbonyl (C=O) groups is 1. The van der Waals surface area contributed by atoms with Crippen molar-refractivity contribution in [3.8, 4) is 0 Å². The summed E-state index contributed by atoms with van der Waals surface area (Å²) in [5.41, 5.74) is 5.29. The van der Waals surface area contributed by atoms with Crippen molar-refractivity contribution in [1.82, 2.24) is 0 Å². The lowest BCUT2D eigenvalue weighted by Gasteiger charge is -2.25. The van der Waals surface area contributed by atoms with Gasteiger partial charge in [-0.1, -0.05) is 18.5 Å². The first-order valence-corrected chi connectivity index (χ1v) is 6.67. The molecule has 100 valence electrons. The molecule has 0 aliphatic rings. The van der Waals surface area contributed by atoms with Crippen molar-refractivity contribution < 1.29 is 9.18 Å². The topological polar surface area (TPSA) is 55.1 Å². The molecule has 0 saturated carbocycles. The summed E-state index contributed by atoms with van der Waals surface area (Å²) in [4.78, 5) is 12.1. The Morgan fingerprint density at radius 2 is 2.22 bits per heavy atom. The van der Waals surface area contributed by atoms with Crippen LogP contribution in [0.25, 0.3) is 0 Å². The minimum Gasteiger partial charge on any atom is -0.329 e. The monoisotopic (exact) mass is 336 g/mol. The van der Waals surface area contributed by atoms with Crippen molar-refractivity contribution in [2.45, 2.75) is 20.3 Å². The summed E-state index contributed by atoms with van der Waals surface area (Å²) >= 11 is 9.07. The fourth-order valence-corrected chi connectivity index (χ4v) is 2.22. The van der Waals surface area contributed by atoms with E-state index in [-0.39, 0.29) is 17.5 Å². The van der Waals surface area contributed by atoms with Gasteiger partial charge < -0.3 is 11.1 Å². The fourth-order valence-electron chi connectivity index (χ4n) is 1.32. The lowest BCUT2D eigenvalue weighted by molar-refractivity contribution is -0.124. The standard InChI is InChI=1S/C12H15BrClFN2O/c1-3-12(2,6-16)11(18)17-10-8(13)4-7(15)5-9(10)14/h4-5H,3,6,16H2,1-2H3,(H,17,18). The van der Waals surface area contributed by atoms with E-state index < -0.39 is 11.2 Å². The molecule has 3 N–H and O–H groups in total. The first kappa shape index (κ1) is 15.4. The Labute approximate surface area is 119 Å². The zero-order valence-electron chi connectivity index (χ0n) is 10.2. The van der Waals surface area contributed by atoms with Gasteiger partial charge in [0.15, 0.2) is 0 Å². The van der Waals surface area contributed by atoms with Crippen molar-refractivity contribution in [1.29, 1.82) is 0 Å². The summed E-state index contributed by atoms with van der Waals surface area (Å²) in [5, 5.41) is 2.83. The molecule has 0 aliphatic carbocycles. The van der Waals surface area contributed by atoms with Gasteiger partial charge >= 0.3 is 0 Å². The molecule has 6 heteroatoms. The van der Waals surface area contributed by atoms with Crippen LogP contribution in [-0.2, 0) is 4.79 Å². The lowest BCUT2D eigenvalue weighted by atomic mass is 9.86. The molecule has 1 rings (SSSR count). The number of nitrogens with one attached hydrogen (secondary N) is 1. The predicted octanol–water partition coefficient (Wildman–Crippen LogP) is 3.56. The number of benzene rings is 1.